The molecule has 9 nitrogen and oxygen atoms in total. The predicted molar refractivity (Wildman–Crippen MR) is 119 cm³/mol. The molecule has 1 atom stereocenters. The second kappa shape index (κ2) is 8.71. The molecule has 162 valence electrons. The van der Waals surface area contributed by atoms with Gasteiger partial charge in [0.25, 0.3) is 0 Å². The molecule has 1 aliphatic heterocycles. The van der Waals surface area contributed by atoms with Crippen molar-refractivity contribution in [2.24, 2.45) is 5.92 Å². The Labute approximate surface area is 180 Å². The van der Waals surface area contributed by atoms with Crippen LogP contribution in [0, 0.1) is 5.92 Å². The minimum atomic E-state index is -0.133. The number of aromatic nitrogens is 4. The van der Waals surface area contributed by atoms with E-state index in [1.54, 1.807) is 28.8 Å². The minimum Gasteiger partial charge on any atom is -0.354 e. The fourth-order valence-corrected chi connectivity index (χ4v) is 3.81. The number of carbonyl (C=O) groups is 2. The lowest BCUT2D eigenvalue weighted by molar-refractivity contribution is -0.120. The van der Waals surface area contributed by atoms with Crippen molar-refractivity contribution in [1.29, 1.82) is 0 Å². The molecule has 1 aromatic carbocycles. The van der Waals surface area contributed by atoms with Crippen molar-refractivity contribution in [3.05, 3.63) is 42.2 Å². The molecule has 0 radical (unpaired) electrons. The summed E-state index contributed by atoms with van der Waals surface area (Å²) in [5.41, 5.74) is 2.13. The standard InChI is InChI=1S/C22H27N7O2/c1-14(2)21-26-25-19-10-11-20(27-29(19)21)28-12-4-5-16(13-28)22(31)24-18-8-6-17(7-9-18)23-15(3)30/h6-11,14,16H,4-5,12-13H2,1-3H3,(H,23,30)(H,24,31). The highest BCUT2D eigenvalue weighted by molar-refractivity contribution is 5.94. The number of amides is 2. The Hall–Kier alpha value is -3.49. The summed E-state index contributed by atoms with van der Waals surface area (Å²) < 4.78 is 1.79. The number of nitrogens with zero attached hydrogens (tertiary/aromatic N) is 5. The van der Waals surface area contributed by atoms with Gasteiger partial charge >= 0.3 is 0 Å². The van der Waals surface area contributed by atoms with Gasteiger partial charge in [-0.15, -0.1) is 15.3 Å². The first-order valence-electron chi connectivity index (χ1n) is 10.6. The molecule has 1 aliphatic rings. The molecule has 2 aromatic heterocycles. The Bertz CT molecular complexity index is 1090. The zero-order valence-electron chi connectivity index (χ0n) is 18.0. The third-order valence-corrected chi connectivity index (χ3v) is 5.38. The van der Waals surface area contributed by atoms with Crippen molar-refractivity contribution in [2.75, 3.05) is 28.6 Å². The molecule has 9 heteroatoms. The van der Waals surface area contributed by atoms with Gasteiger partial charge in [-0.05, 0) is 49.2 Å². The first kappa shape index (κ1) is 20.8. The van der Waals surface area contributed by atoms with Crippen LogP contribution < -0.4 is 15.5 Å². The Morgan fingerprint density at radius 1 is 1.03 bits per heavy atom. The first-order valence-corrected chi connectivity index (χ1v) is 10.6. The van der Waals surface area contributed by atoms with Crippen LogP contribution in [0.15, 0.2) is 36.4 Å². The molecule has 2 N–H and O–H groups in total. The highest BCUT2D eigenvalue weighted by Gasteiger charge is 2.27. The smallest absolute Gasteiger partial charge is 0.229 e. The van der Waals surface area contributed by atoms with Gasteiger partial charge in [-0.1, -0.05) is 13.8 Å². The molecule has 2 amide bonds. The number of rotatable bonds is 5. The Morgan fingerprint density at radius 3 is 2.42 bits per heavy atom. The van der Waals surface area contributed by atoms with E-state index < -0.39 is 0 Å². The molecule has 1 fully saturated rings. The van der Waals surface area contributed by atoms with Gasteiger partial charge in [0.15, 0.2) is 11.5 Å². The summed E-state index contributed by atoms with van der Waals surface area (Å²) in [6, 6.07) is 11.0. The van der Waals surface area contributed by atoms with Crippen LogP contribution in [0.3, 0.4) is 0 Å². The van der Waals surface area contributed by atoms with Crippen molar-refractivity contribution in [3.63, 3.8) is 0 Å². The molecular formula is C22H27N7O2. The molecule has 31 heavy (non-hydrogen) atoms. The number of hydrogen-bond donors (Lipinski definition) is 2. The van der Waals surface area contributed by atoms with E-state index >= 15 is 0 Å². The van der Waals surface area contributed by atoms with Crippen LogP contribution in [0.1, 0.15) is 45.4 Å². The van der Waals surface area contributed by atoms with E-state index in [0.29, 0.717) is 17.9 Å². The average Bonchev–Trinajstić information content (AvgIpc) is 3.18. The minimum absolute atomic E-state index is 0.00905. The van der Waals surface area contributed by atoms with Crippen molar-refractivity contribution >= 4 is 34.7 Å². The second-order valence-corrected chi connectivity index (χ2v) is 8.21. The SMILES string of the molecule is CC(=O)Nc1ccc(NC(=O)C2CCCN(c3ccc4nnc(C(C)C)n4n3)C2)cc1. The van der Waals surface area contributed by atoms with Crippen LogP contribution in [-0.4, -0.2) is 44.7 Å². The molecule has 0 bridgehead atoms. The summed E-state index contributed by atoms with van der Waals surface area (Å²) in [7, 11) is 0. The van der Waals surface area contributed by atoms with E-state index in [1.807, 2.05) is 12.1 Å². The molecule has 1 saturated heterocycles. The van der Waals surface area contributed by atoms with E-state index in [0.717, 1.165) is 36.7 Å². The maximum absolute atomic E-state index is 12.9. The number of anilines is 3. The maximum Gasteiger partial charge on any atom is 0.229 e. The molecule has 1 unspecified atom stereocenters. The normalized spacial score (nSPS) is 16.5. The monoisotopic (exact) mass is 421 g/mol. The lowest BCUT2D eigenvalue weighted by Gasteiger charge is -2.32. The highest BCUT2D eigenvalue weighted by Crippen LogP contribution is 2.24. The summed E-state index contributed by atoms with van der Waals surface area (Å²) in [6.07, 6.45) is 1.75. The van der Waals surface area contributed by atoms with Crippen molar-refractivity contribution < 1.29 is 9.59 Å². The van der Waals surface area contributed by atoms with Gasteiger partial charge in [-0.2, -0.15) is 4.52 Å². The third kappa shape index (κ3) is 4.65. The molecule has 0 aliphatic carbocycles. The molecule has 3 heterocycles. The molecular weight excluding hydrogens is 394 g/mol. The van der Waals surface area contributed by atoms with Crippen LogP contribution in [0.5, 0.6) is 0 Å². The topological polar surface area (TPSA) is 105 Å². The van der Waals surface area contributed by atoms with Crippen LogP contribution in [0.4, 0.5) is 17.2 Å². The molecule has 4 rings (SSSR count). The molecule has 0 spiro atoms. The number of benzene rings is 1. The third-order valence-electron chi connectivity index (χ3n) is 5.38. The van der Waals surface area contributed by atoms with Gasteiger partial charge < -0.3 is 15.5 Å². The van der Waals surface area contributed by atoms with Crippen LogP contribution in [0.25, 0.3) is 5.65 Å². The van der Waals surface area contributed by atoms with Gasteiger partial charge in [-0.25, -0.2) is 0 Å². The van der Waals surface area contributed by atoms with Crippen molar-refractivity contribution in [2.45, 2.75) is 39.5 Å². The quantitative estimate of drug-likeness (QED) is 0.656. The van der Waals surface area contributed by atoms with Gasteiger partial charge in [0.05, 0.1) is 5.92 Å². The number of nitrogens with one attached hydrogen (secondary N) is 2. The Morgan fingerprint density at radius 2 is 1.74 bits per heavy atom. The van der Waals surface area contributed by atoms with E-state index in [1.165, 1.54) is 6.92 Å². The summed E-state index contributed by atoms with van der Waals surface area (Å²) >= 11 is 0. The van der Waals surface area contributed by atoms with Crippen molar-refractivity contribution in [3.8, 4) is 0 Å². The molecule has 0 saturated carbocycles. The van der Waals surface area contributed by atoms with Crippen LogP contribution >= 0.6 is 0 Å². The lowest BCUT2D eigenvalue weighted by atomic mass is 9.97. The van der Waals surface area contributed by atoms with Crippen LogP contribution in [0.2, 0.25) is 0 Å². The molecule has 3 aromatic rings. The zero-order valence-corrected chi connectivity index (χ0v) is 18.0. The number of hydrogen-bond acceptors (Lipinski definition) is 6. The fraction of sp³-hybridized carbons (Fsp3) is 0.409. The maximum atomic E-state index is 12.9. The largest absolute Gasteiger partial charge is 0.354 e. The van der Waals surface area contributed by atoms with Gasteiger partial charge in [0.1, 0.15) is 5.82 Å². The van der Waals surface area contributed by atoms with E-state index in [2.05, 4.69) is 39.6 Å². The van der Waals surface area contributed by atoms with Crippen molar-refractivity contribution in [1.82, 2.24) is 19.8 Å². The highest BCUT2D eigenvalue weighted by atomic mass is 16.2. The predicted octanol–water partition coefficient (Wildman–Crippen LogP) is 3.06. The average molecular weight is 422 g/mol. The number of carbonyl (C=O) groups excluding carboxylic acids is 2. The van der Waals surface area contributed by atoms with Crippen LogP contribution in [-0.2, 0) is 9.59 Å². The first-order chi connectivity index (χ1) is 14.9. The summed E-state index contributed by atoms with van der Waals surface area (Å²) in [6.45, 7) is 7.05. The van der Waals surface area contributed by atoms with E-state index in [4.69, 9.17) is 5.10 Å². The zero-order chi connectivity index (χ0) is 22.0. The number of piperidine rings is 1. The summed E-state index contributed by atoms with van der Waals surface area (Å²) in [5.74, 6) is 1.60. The Balaban J connectivity index is 1.44. The van der Waals surface area contributed by atoms with E-state index in [-0.39, 0.29) is 23.7 Å². The second-order valence-electron chi connectivity index (χ2n) is 8.21. The van der Waals surface area contributed by atoms with E-state index in [9.17, 15) is 9.59 Å². The van der Waals surface area contributed by atoms with Gasteiger partial charge in [0.2, 0.25) is 11.8 Å². The summed E-state index contributed by atoms with van der Waals surface area (Å²) in [5, 5.41) is 18.9. The number of fused-ring (bicyclic) bond motifs is 1. The lowest BCUT2D eigenvalue weighted by Crippen LogP contribution is -2.41. The van der Waals surface area contributed by atoms with Gasteiger partial charge in [0, 0.05) is 37.3 Å². The fourth-order valence-electron chi connectivity index (χ4n) is 3.81. The van der Waals surface area contributed by atoms with Gasteiger partial charge in [-0.3, -0.25) is 9.59 Å². The summed E-state index contributed by atoms with van der Waals surface area (Å²) in [4.78, 5) is 26.2. The Kier molecular flexibility index (Phi) is 5.83.